The molecule has 4 rings (SSSR count). The van der Waals surface area contributed by atoms with Crippen LogP contribution in [0.5, 0.6) is 5.75 Å². The highest BCUT2D eigenvalue weighted by atomic mass is 35.5. The fourth-order valence-corrected chi connectivity index (χ4v) is 4.25. The van der Waals surface area contributed by atoms with Gasteiger partial charge in [-0.05, 0) is 53.9 Å². The second-order valence-corrected chi connectivity index (χ2v) is 8.57. The Balaban J connectivity index is 0.00000342. The largest absolute Gasteiger partial charge is 0.494 e. The Morgan fingerprint density at radius 1 is 0.886 bits per heavy atom. The van der Waals surface area contributed by atoms with Crippen LogP contribution in [0, 0.1) is 11.3 Å². The third-order valence-electron chi connectivity index (χ3n) is 6.07. The van der Waals surface area contributed by atoms with Crippen LogP contribution in [-0.4, -0.2) is 32.4 Å². The number of benzene rings is 3. The van der Waals surface area contributed by atoms with Crippen molar-refractivity contribution in [2.45, 2.75) is 38.1 Å². The second kappa shape index (κ2) is 14.5. The van der Waals surface area contributed by atoms with Gasteiger partial charge in [-0.2, -0.15) is 5.26 Å². The average molecular weight is 493 g/mol. The summed E-state index contributed by atoms with van der Waals surface area (Å²) in [6.07, 6.45) is 1.97. The van der Waals surface area contributed by atoms with Crippen LogP contribution in [0.25, 0.3) is 0 Å². The van der Waals surface area contributed by atoms with Crippen LogP contribution in [0.15, 0.2) is 78.9 Å². The molecule has 1 heterocycles. The standard InChI is InChI=1S/C29H32N2O3.ClH/c30-19-24-8-4-9-25(18-24)22-34-29-20-31-15-14-28(29)26-10-12-27(13-11-26)33-17-5-16-32-21-23-6-2-1-3-7-23;/h1-4,6-13,18,28-29,31H,5,14-17,20-22H2;1H. The number of rotatable bonds is 11. The predicted molar refractivity (Wildman–Crippen MR) is 140 cm³/mol. The molecule has 2 atom stereocenters. The molecule has 184 valence electrons. The Kier molecular flexibility index (Phi) is 11.1. The number of hydrogen-bond acceptors (Lipinski definition) is 5. The zero-order valence-corrected chi connectivity index (χ0v) is 20.7. The molecule has 1 fully saturated rings. The van der Waals surface area contributed by atoms with Gasteiger partial charge in [-0.3, -0.25) is 0 Å². The maximum atomic E-state index is 9.11. The van der Waals surface area contributed by atoms with Crippen LogP contribution in [-0.2, 0) is 22.7 Å². The van der Waals surface area contributed by atoms with Crippen LogP contribution in [0.3, 0.4) is 0 Å². The first-order chi connectivity index (χ1) is 16.8. The van der Waals surface area contributed by atoms with E-state index in [2.05, 4.69) is 47.8 Å². The number of piperidine rings is 1. The van der Waals surface area contributed by atoms with E-state index in [0.29, 0.717) is 37.9 Å². The molecular formula is C29H33ClN2O3. The van der Waals surface area contributed by atoms with E-state index >= 15 is 0 Å². The quantitative estimate of drug-likeness (QED) is 0.351. The van der Waals surface area contributed by atoms with E-state index in [9.17, 15) is 0 Å². The molecule has 0 aliphatic carbocycles. The number of ether oxygens (including phenoxy) is 3. The number of halogens is 1. The van der Waals surface area contributed by atoms with Crippen molar-refractivity contribution in [3.05, 3.63) is 101 Å². The fraction of sp³-hybridized carbons (Fsp3) is 0.345. The summed E-state index contributed by atoms with van der Waals surface area (Å²) in [7, 11) is 0. The Hall–Kier alpha value is -2.88. The third kappa shape index (κ3) is 8.38. The maximum Gasteiger partial charge on any atom is 0.119 e. The SMILES string of the molecule is Cl.N#Cc1cccc(COC2CNCCC2c2ccc(OCCCOCc3ccccc3)cc2)c1. The lowest BCUT2D eigenvalue weighted by atomic mass is 9.87. The summed E-state index contributed by atoms with van der Waals surface area (Å²) < 4.78 is 17.9. The highest BCUT2D eigenvalue weighted by Crippen LogP contribution is 2.29. The molecule has 1 saturated heterocycles. The van der Waals surface area contributed by atoms with Gasteiger partial charge in [0, 0.05) is 18.9 Å². The molecule has 2 unspecified atom stereocenters. The van der Waals surface area contributed by atoms with Crippen molar-refractivity contribution in [2.75, 3.05) is 26.3 Å². The summed E-state index contributed by atoms with van der Waals surface area (Å²) in [6.45, 7) is 4.26. The molecule has 3 aromatic carbocycles. The van der Waals surface area contributed by atoms with Crippen LogP contribution in [0.1, 0.15) is 41.0 Å². The van der Waals surface area contributed by atoms with Gasteiger partial charge >= 0.3 is 0 Å². The smallest absolute Gasteiger partial charge is 0.119 e. The summed E-state index contributed by atoms with van der Waals surface area (Å²) in [5.41, 5.74) is 4.16. The van der Waals surface area contributed by atoms with Crippen molar-refractivity contribution >= 4 is 12.4 Å². The second-order valence-electron chi connectivity index (χ2n) is 8.57. The molecule has 1 N–H and O–H groups in total. The molecule has 35 heavy (non-hydrogen) atoms. The summed E-state index contributed by atoms with van der Waals surface area (Å²) >= 11 is 0. The zero-order valence-electron chi connectivity index (χ0n) is 19.9. The first kappa shape index (κ1) is 26.7. The van der Waals surface area contributed by atoms with E-state index in [1.807, 2.05) is 42.5 Å². The minimum atomic E-state index is 0. The van der Waals surface area contributed by atoms with Crippen molar-refractivity contribution in [3.63, 3.8) is 0 Å². The fourth-order valence-electron chi connectivity index (χ4n) is 4.25. The van der Waals surface area contributed by atoms with Crippen LogP contribution in [0.4, 0.5) is 0 Å². The van der Waals surface area contributed by atoms with Gasteiger partial charge in [0.25, 0.3) is 0 Å². The van der Waals surface area contributed by atoms with E-state index in [4.69, 9.17) is 19.5 Å². The van der Waals surface area contributed by atoms with Gasteiger partial charge in [0.1, 0.15) is 5.75 Å². The van der Waals surface area contributed by atoms with E-state index in [1.54, 1.807) is 0 Å². The molecule has 0 aromatic heterocycles. The maximum absolute atomic E-state index is 9.11. The van der Waals surface area contributed by atoms with Crippen molar-refractivity contribution < 1.29 is 14.2 Å². The highest BCUT2D eigenvalue weighted by Gasteiger charge is 2.27. The molecule has 1 aliphatic heterocycles. The minimum Gasteiger partial charge on any atom is -0.494 e. The van der Waals surface area contributed by atoms with Gasteiger partial charge in [-0.1, -0.05) is 54.6 Å². The minimum absolute atomic E-state index is 0. The zero-order chi connectivity index (χ0) is 23.4. The number of hydrogen-bond donors (Lipinski definition) is 1. The van der Waals surface area contributed by atoms with Crippen LogP contribution < -0.4 is 10.1 Å². The summed E-state index contributed by atoms with van der Waals surface area (Å²) in [4.78, 5) is 0. The average Bonchev–Trinajstić information content (AvgIpc) is 2.91. The lowest BCUT2D eigenvalue weighted by molar-refractivity contribution is 0.0106. The van der Waals surface area contributed by atoms with Gasteiger partial charge in [-0.25, -0.2) is 0 Å². The topological polar surface area (TPSA) is 63.5 Å². The van der Waals surface area contributed by atoms with E-state index in [-0.39, 0.29) is 18.5 Å². The molecule has 0 bridgehead atoms. The lowest BCUT2D eigenvalue weighted by Crippen LogP contribution is -2.40. The van der Waals surface area contributed by atoms with Crippen LogP contribution >= 0.6 is 12.4 Å². The molecule has 3 aromatic rings. The van der Waals surface area contributed by atoms with Gasteiger partial charge in [0.15, 0.2) is 0 Å². The Bertz CT molecular complexity index is 1050. The van der Waals surface area contributed by atoms with Gasteiger partial charge in [0.2, 0.25) is 0 Å². The molecule has 0 spiro atoms. The molecule has 0 saturated carbocycles. The monoisotopic (exact) mass is 492 g/mol. The highest BCUT2D eigenvalue weighted by molar-refractivity contribution is 5.85. The molecular weight excluding hydrogens is 460 g/mol. The van der Waals surface area contributed by atoms with Gasteiger partial charge in [-0.15, -0.1) is 12.4 Å². The summed E-state index contributed by atoms with van der Waals surface area (Å²) in [5, 5.41) is 12.6. The van der Waals surface area contributed by atoms with Crippen LogP contribution in [0.2, 0.25) is 0 Å². The molecule has 0 radical (unpaired) electrons. The summed E-state index contributed by atoms with van der Waals surface area (Å²) in [6, 6.07) is 28.4. The normalized spacial score (nSPS) is 17.2. The Morgan fingerprint density at radius 3 is 2.49 bits per heavy atom. The van der Waals surface area contributed by atoms with Crippen molar-refractivity contribution in [1.82, 2.24) is 5.32 Å². The number of nitriles is 1. The van der Waals surface area contributed by atoms with Gasteiger partial charge < -0.3 is 19.5 Å². The van der Waals surface area contributed by atoms with Gasteiger partial charge in [0.05, 0.1) is 44.2 Å². The summed E-state index contributed by atoms with van der Waals surface area (Å²) in [5.74, 6) is 1.22. The van der Waals surface area contributed by atoms with E-state index < -0.39 is 0 Å². The molecule has 6 heteroatoms. The third-order valence-corrected chi connectivity index (χ3v) is 6.07. The van der Waals surface area contributed by atoms with E-state index in [0.717, 1.165) is 37.2 Å². The Morgan fingerprint density at radius 2 is 1.69 bits per heavy atom. The Labute approximate surface area is 214 Å². The first-order valence-electron chi connectivity index (χ1n) is 12.0. The number of nitrogens with one attached hydrogen (secondary N) is 1. The van der Waals surface area contributed by atoms with Crippen molar-refractivity contribution in [1.29, 1.82) is 5.26 Å². The number of nitrogens with zero attached hydrogens (tertiary/aromatic N) is 1. The predicted octanol–water partition coefficient (Wildman–Crippen LogP) is 5.63. The van der Waals surface area contributed by atoms with E-state index in [1.165, 1.54) is 11.1 Å². The van der Waals surface area contributed by atoms with Crippen molar-refractivity contribution in [3.8, 4) is 11.8 Å². The van der Waals surface area contributed by atoms with Crippen molar-refractivity contribution in [2.24, 2.45) is 0 Å². The molecule has 0 amide bonds. The molecule has 1 aliphatic rings. The molecule has 5 nitrogen and oxygen atoms in total. The first-order valence-corrected chi connectivity index (χ1v) is 12.0. The lowest BCUT2D eigenvalue weighted by Gasteiger charge is -2.32.